The second-order valence-corrected chi connectivity index (χ2v) is 9.81. The first-order chi connectivity index (χ1) is 19.1. The lowest BCUT2D eigenvalue weighted by Gasteiger charge is -2.23. The van der Waals surface area contributed by atoms with Gasteiger partial charge in [-0.1, -0.05) is 29.4 Å². The van der Waals surface area contributed by atoms with Gasteiger partial charge < -0.3 is 25.2 Å². The Morgan fingerprint density at radius 2 is 1.97 bits per heavy atom. The molecular weight excluding hydrogens is 490 g/mol. The van der Waals surface area contributed by atoms with Gasteiger partial charge in [0.25, 0.3) is 0 Å². The van der Waals surface area contributed by atoms with Crippen LogP contribution in [0, 0.1) is 13.8 Å². The number of aromatic nitrogens is 4. The van der Waals surface area contributed by atoms with Gasteiger partial charge in [0.1, 0.15) is 17.2 Å². The number of anilines is 2. The maximum Gasteiger partial charge on any atom is 0.228 e. The number of nitrogens with one attached hydrogen (secondary N) is 3. The summed E-state index contributed by atoms with van der Waals surface area (Å²) in [6.07, 6.45) is 5.74. The lowest BCUT2D eigenvalue weighted by Crippen LogP contribution is -2.38. The van der Waals surface area contributed by atoms with Gasteiger partial charge in [-0.25, -0.2) is 15.0 Å². The van der Waals surface area contributed by atoms with Crippen LogP contribution in [0.5, 0.6) is 11.6 Å². The molecule has 0 radical (unpaired) electrons. The van der Waals surface area contributed by atoms with Gasteiger partial charge in [0, 0.05) is 47.5 Å². The third-order valence-electron chi connectivity index (χ3n) is 6.88. The number of fused-ring (bicyclic) bond motifs is 1. The Morgan fingerprint density at radius 1 is 1.03 bits per heavy atom. The van der Waals surface area contributed by atoms with Crippen LogP contribution in [0.3, 0.4) is 0 Å². The van der Waals surface area contributed by atoms with E-state index in [9.17, 15) is 0 Å². The minimum Gasteiger partial charge on any atom is -0.437 e. The molecule has 3 N–H and O–H groups in total. The Labute approximate surface area is 227 Å². The first-order valence-corrected chi connectivity index (χ1v) is 13.3. The second kappa shape index (κ2) is 11.1. The molecule has 3 aromatic heterocycles. The molecule has 0 unspecified atom stereocenters. The minimum atomic E-state index is 0.313. The zero-order valence-corrected chi connectivity index (χ0v) is 22.1. The van der Waals surface area contributed by atoms with E-state index in [1.807, 2.05) is 44.2 Å². The summed E-state index contributed by atoms with van der Waals surface area (Å²) < 4.78 is 11.8. The summed E-state index contributed by atoms with van der Waals surface area (Å²) in [5.41, 5.74) is 4.41. The molecule has 1 aliphatic rings. The van der Waals surface area contributed by atoms with Crippen molar-refractivity contribution in [3.8, 4) is 22.9 Å². The summed E-state index contributed by atoms with van der Waals surface area (Å²) >= 11 is 0. The first-order valence-electron chi connectivity index (χ1n) is 13.3. The van der Waals surface area contributed by atoms with E-state index >= 15 is 0 Å². The van der Waals surface area contributed by atoms with Crippen LogP contribution in [0.25, 0.3) is 22.0 Å². The van der Waals surface area contributed by atoms with E-state index in [-0.39, 0.29) is 0 Å². The van der Waals surface area contributed by atoms with Crippen LogP contribution in [-0.2, 0) is 6.54 Å². The molecule has 39 heavy (non-hydrogen) atoms. The average Bonchev–Trinajstić information content (AvgIpc) is 3.39. The van der Waals surface area contributed by atoms with Crippen LogP contribution in [0.2, 0.25) is 0 Å². The van der Waals surface area contributed by atoms with Crippen LogP contribution in [0.15, 0.2) is 71.5 Å². The molecule has 0 aliphatic carbocycles. The molecule has 198 valence electrons. The highest BCUT2D eigenvalue weighted by atomic mass is 16.5. The monoisotopic (exact) mass is 521 g/mol. The fourth-order valence-corrected chi connectivity index (χ4v) is 4.92. The molecule has 0 spiro atoms. The molecule has 9 heteroatoms. The molecule has 1 atom stereocenters. The Kier molecular flexibility index (Phi) is 7.05. The van der Waals surface area contributed by atoms with Crippen molar-refractivity contribution >= 4 is 22.4 Å². The molecule has 2 aromatic carbocycles. The van der Waals surface area contributed by atoms with E-state index in [1.165, 1.54) is 0 Å². The molecule has 1 fully saturated rings. The van der Waals surface area contributed by atoms with Crippen molar-refractivity contribution in [1.82, 2.24) is 25.4 Å². The topological polar surface area (TPSA) is 110 Å². The van der Waals surface area contributed by atoms with Gasteiger partial charge in [-0.3, -0.25) is 0 Å². The number of piperidine rings is 1. The number of pyridine rings is 1. The van der Waals surface area contributed by atoms with Crippen molar-refractivity contribution in [2.24, 2.45) is 0 Å². The molecule has 9 nitrogen and oxygen atoms in total. The van der Waals surface area contributed by atoms with Gasteiger partial charge in [0.2, 0.25) is 11.8 Å². The van der Waals surface area contributed by atoms with Crippen molar-refractivity contribution in [2.75, 3.05) is 23.7 Å². The fraction of sp³-hybridized carbons (Fsp3) is 0.267. The first kappa shape index (κ1) is 24.8. The van der Waals surface area contributed by atoms with Gasteiger partial charge in [-0.15, -0.1) is 0 Å². The standard InChI is InChI=1S/C30H31N7O2/c1-19-10-11-23-24(7-3-9-26(23)34-18-22-16-20(2)39-37-22)28(19)38-29-25(8-5-14-32-29)27-12-15-33-30(36-27)35-21-6-4-13-31-17-21/h3,5,7-12,14-16,21,31,34H,4,6,13,17-18H2,1-2H3,(H,33,35,36)/t21-/m0/s1. The lowest BCUT2D eigenvalue weighted by atomic mass is 10.0. The summed E-state index contributed by atoms with van der Waals surface area (Å²) in [4.78, 5) is 13.8. The molecule has 5 aromatic rings. The van der Waals surface area contributed by atoms with E-state index in [4.69, 9.17) is 14.2 Å². The van der Waals surface area contributed by atoms with Gasteiger partial charge in [-0.05, 0) is 63.1 Å². The van der Waals surface area contributed by atoms with Crippen LogP contribution in [0.1, 0.15) is 29.9 Å². The van der Waals surface area contributed by atoms with E-state index in [0.29, 0.717) is 24.4 Å². The van der Waals surface area contributed by atoms with Gasteiger partial charge >= 0.3 is 0 Å². The highest BCUT2D eigenvalue weighted by Crippen LogP contribution is 2.38. The average molecular weight is 522 g/mol. The van der Waals surface area contributed by atoms with Gasteiger partial charge in [0.05, 0.1) is 17.8 Å². The second-order valence-electron chi connectivity index (χ2n) is 9.81. The van der Waals surface area contributed by atoms with E-state index < -0.39 is 0 Å². The third kappa shape index (κ3) is 5.53. The maximum absolute atomic E-state index is 6.56. The number of nitrogens with zero attached hydrogens (tertiary/aromatic N) is 4. The maximum atomic E-state index is 6.56. The summed E-state index contributed by atoms with van der Waals surface area (Å²) in [5.74, 6) is 2.65. The Bertz CT molecular complexity index is 1590. The van der Waals surface area contributed by atoms with Crippen LogP contribution in [0.4, 0.5) is 11.6 Å². The van der Waals surface area contributed by atoms with Crippen molar-refractivity contribution in [3.05, 3.63) is 84.0 Å². The predicted molar refractivity (Wildman–Crippen MR) is 152 cm³/mol. The molecule has 6 rings (SSSR count). The van der Waals surface area contributed by atoms with Crippen LogP contribution in [-0.4, -0.2) is 39.2 Å². The van der Waals surface area contributed by atoms with E-state index in [0.717, 1.165) is 76.4 Å². The van der Waals surface area contributed by atoms with E-state index in [1.54, 1.807) is 12.4 Å². The van der Waals surface area contributed by atoms with E-state index in [2.05, 4.69) is 55.3 Å². The summed E-state index contributed by atoms with van der Waals surface area (Å²) in [7, 11) is 0. The SMILES string of the molecule is Cc1cc(CNc2cccc3c(Oc4ncccc4-c4ccnc(N[C@H]5CCCNC5)n4)c(C)ccc23)no1. The molecule has 1 aliphatic heterocycles. The van der Waals surface area contributed by atoms with Crippen LogP contribution < -0.4 is 20.7 Å². The summed E-state index contributed by atoms with van der Waals surface area (Å²) in [5, 5.41) is 16.5. The summed E-state index contributed by atoms with van der Waals surface area (Å²) in [6, 6.07) is 18.3. The fourth-order valence-electron chi connectivity index (χ4n) is 4.92. The number of benzene rings is 2. The van der Waals surface area contributed by atoms with Crippen molar-refractivity contribution in [3.63, 3.8) is 0 Å². The number of aryl methyl sites for hydroxylation is 2. The highest BCUT2D eigenvalue weighted by Gasteiger charge is 2.17. The molecule has 0 amide bonds. The zero-order chi connectivity index (χ0) is 26.6. The lowest BCUT2D eigenvalue weighted by molar-refractivity contribution is 0.391. The molecule has 0 saturated carbocycles. The zero-order valence-electron chi connectivity index (χ0n) is 22.1. The number of hydrogen-bond acceptors (Lipinski definition) is 9. The Balaban J connectivity index is 1.30. The third-order valence-corrected chi connectivity index (χ3v) is 6.88. The molecule has 0 bridgehead atoms. The molecular formula is C30H31N7O2. The quantitative estimate of drug-likeness (QED) is 0.231. The Morgan fingerprint density at radius 3 is 2.82 bits per heavy atom. The van der Waals surface area contributed by atoms with Crippen molar-refractivity contribution in [1.29, 1.82) is 0 Å². The predicted octanol–water partition coefficient (Wildman–Crippen LogP) is 5.86. The number of ether oxygens (including phenoxy) is 1. The summed E-state index contributed by atoms with van der Waals surface area (Å²) in [6.45, 7) is 6.46. The highest BCUT2D eigenvalue weighted by molar-refractivity contribution is 5.98. The van der Waals surface area contributed by atoms with Gasteiger partial charge in [-0.2, -0.15) is 0 Å². The van der Waals surface area contributed by atoms with Gasteiger partial charge in [0.15, 0.2) is 0 Å². The Hall–Kier alpha value is -4.50. The number of hydrogen-bond donors (Lipinski definition) is 3. The van der Waals surface area contributed by atoms with Crippen molar-refractivity contribution in [2.45, 2.75) is 39.3 Å². The minimum absolute atomic E-state index is 0.313. The normalized spacial score (nSPS) is 15.3. The molecule has 4 heterocycles. The smallest absolute Gasteiger partial charge is 0.228 e. The van der Waals surface area contributed by atoms with Crippen LogP contribution >= 0.6 is 0 Å². The molecule has 1 saturated heterocycles. The largest absolute Gasteiger partial charge is 0.437 e. The van der Waals surface area contributed by atoms with Crippen molar-refractivity contribution < 1.29 is 9.26 Å². The number of rotatable bonds is 8.